The first-order chi connectivity index (χ1) is 9.52. The van der Waals surface area contributed by atoms with Crippen LogP contribution in [0.15, 0.2) is 30.3 Å². The lowest BCUT2D eigenvalue weighted by Crippen LogP contribution is -2.21. The number of hydrogen-bond acceptors (Lipinski definition) is 3. The van der Waals surface area contributed by atoms with Gasteiger partial charge in [0, 0.05) is 30.4 Å². The van der Waals surface area contributed by atoms with Gasteiger partial charge in [-0.25, -0.2) is 9.37 Å². The summed E-state index contributed by atoms with van der Waals surface area (Å²) in [7, 11) is 1.85. The summed E-state index contributed by atoms with van der Waals surface area (Å²) in [4.78, 5) is 6.34. The Morgan fingerprint density at radius 2 is 1.95 bits per heavy atom. The summed E-state index contributed by atoms with van der Waals surface area (Å²) in [5.41, 5.74) is 3.28. The normalized spacial score (nSPS) is 10.7. The van der Waals surface area contributed by atoms with Crippen molar-refractivity contribution >= 4 is 5.82 Å². The molecule has 0 atom stereocenters. The molecule has 2 aromatic rings. The summed E-state index contributed by atoms with van der Waals surface area (Å²) in [5.74, 6) is 0.475. The Morgan fingerprint density at radius 3 is 2.60 bits per heavy atom. The van der Waals surface area contributed by atoms with Crippen LogP contribution in [0.5, 0.6) is 0 Å². The van der Waals surface area contributed by atoms with Crippen LogP contribution >= 0.6 is 0 Å². The zero-order chi connectivity index (χ0) is 14.7. The van der Waals surface area contributed by atoms with Crippen molar-refractivity contribution in [1.82, 2.24) is 4.98 Å². The fourth-order valence-corrected chi connectivity index (χ4v) is 2.31. The molecule has 0 aliphatic heterocycles. The van der Waals surface area contributed by atoms with E-state index in [1.54, 1.807) is 12.1 Å². The lowest BCUT2D eigenvalue weighted by atomic mass is 10.1. The van der Waals surface area contributed by atoms with Gasteiger partial charge in [0.15, 0.2) is 0 Å². The number of benzene rings is 1. The van der Waals surface area contributed by atoms with Gasteiger partial charge in [-0.05, 0) is 31.5 Å². The highest BCUT2D eigenvalue weighted by atomic mass is 19.1. The summed E-state index contributed by atoms with van der Waals surface area (Å²) in [5, 5.41) is 9.52. The van der Waals surface area contributed by atoms with Gasteiger partial charge in [-0.15, -0.1) is 0 Å². The van der Waals surface area contributed by atoms with Gasteiger partial charge < -0.3 is 10.0 Å². The van der Waals surface area contributed by atoms with E-state index in [4.69, 9.17) is 0 Å². The second-order valence-corrected chi connectivity index (χ2v) is 4.99. The average molecular weight is 274 g/mol. The molecule has 0 unspecified atom stereocenters. The molecule has 0 saturated heterocycles. The van der Waals surface area contributed by atoms with Gasteiger partial charge >= 0.3 is 0 Å². The van der Waals surface area contributed by atoms with Crippen LogP contribution < -0.4 is 4.90 Å². The molecule has 0 bridgehead atoms. The maximum absolute atomic E-state index is 13.7. The summed E-state index contributed by atoms with van der Waals surface area (Å²) in [6, 6.07) is 8.63. The molecule has 0 spiro atoms. The van der Waals surface area contributed by atoms with Crippen LogP contribution in [-0.4, -0.2) is 17.1 Å². The van der Waals surface area contributed by atoms with E-state index in [9.17, 15) is 9.50 Å². The van der Waals surface area contributed by atoms with Crippen LogP contribution in [0, 0.1) is 19.7 Å². The molecule has 0 saturated carbocycles. The SMILES string of the molecule is Cc1cc(C)c(CO)c(N(C)Cc2ccccc2F)n1. The van der Waals surface area contributed by atoms with Gasteiger partial charge in [-0.3, -0.25) is 0 Å². The number of halogens is 1. The Hall–Kier alpha value is -1.94. The molecule has 20 heavy (non-hydrogen) atoms. The number of anilines is 1. The number of nitrogens with zero attached hydrogens (tertiary/aromatic N) is 2. The largest absolute Gasteiger partial charge is 0.392 e. The predicted molar refractivity (Wildman–Crippen MR) is 78.1 cm³/mol. The lowest BCUT2D eigenvalue weighted by Gasteiger charge is -2.22. The van der Waals surface area contributed by atoms with Crippen molar-refractivity contribution in [2.75, 3.05) is 11.9 Å². The Labute approximate surface area is 118 Å². The zero-order valence-electron chi connectivity index (χ0n) is 12.0. The van der Waals surface area contributed by atoms with Gasteiger partial charge in [0.2, 0.25) is 0 Å². The molecule has 4 heteroatoms. The quantitative estimate of drug-likeness (QED) is 0.931. The molecule has 2 rings (SSSR count). The zero-order valence-corrected chi connectivity index (χ0v) is 12.0. The molecule has 0 fully saturated rings. The number of aryl methyl sites for hydroxylation is 2. The summed E-state index contributed by atoms with van der Waals surface area (Å²) in [6.45, 7) is 4.20. The average Bonchev–Trinajstić information content (AvgIpc) is 2.40. The predicted octanol–water partition coefficient (Wildman–Crippen LogP) is 2.97. The minimum Gasteiger partial charge on any atom is -0.392 e. The molecule has 1 heterocycles. The number of pyridine rings is 1. The van der Waals surface area contributed by atoms with Crippen molar-refractivity contribution in [3.8, 4) is 0 Å². The first-order valence-electron chi connectivity index (χ1n) is 6.55. The van der Waals surface area contributed by atoms with Crippen molar-refractivity contribution < 1.29 is 9.50 Å². The van der Waals surface area contributed by atoms with Crippen LogP contribution in [0.2, 0.25) is 0 Å². The monoisotopic (exact) mass is 274 g/mol. The van der Waals surface area contributed by atoms with Gasteiger partial charge in [-0.1, -0.05) is 18.2 Å². The Balaban J connectivity index is 2.34. The van der Waals surface area contributed by atoms with Crippen LogP contribution in [0.4, 0.5) is 10.2 Å². The Morgan fingerprint density at radius 1 is 1.25 bits per heavy atom. The van der Waals surface area contributed by atoms with E-state index in [2.05, 4.69) is 4.98 Å². The third-order valence-electron chi connectivity index (χ3n) is 3.34. The maximum Gasteiger partial charge on any atom is 0.134 e. The number of aliphatic hydroxyl groups excluding tert-OH is 1. The van der Waals surface area contributed by atoms with Gasteiger partial charge in [0.1, 0.15) is 11.6 Å². The summed E-state index contributed by atoms with van der Waals surface area (Å²) in [6.07, 6.45) is 0. The van der Waals surface area contributed by atoms with Crippen molar-refractivity contribution in [2.45, 2.75) is 27.0 Å². The Kier molecular flexibility index (Phi) is 4.35. The molecule has 1 aromatic carbocycles. The molecule has 0 radical (unpaired) electrons. The van der Waals surface area contributed by atoms with E-state index in [0.717, 1.165) is 16.8 Å². The summed E-state index contributed by atoms with van der Waals surface area (Å²) >= 11 is 0. The second kappa shape index (κ2) is 6.01. The van der Waals surface area contributed by atoms with Crippen molar-refractivity contribution in [2.24, 2.45) is 0 Å². The second-order valence-electron chi connectivity index (χ2n) is 4.99. The fourth-order valence-electron chi connectivity index (χ4n) is 2.31. The standard InChI is InChI=1S/C16H19FN2O/c1-11-8-12(2)18-16(14(11)10-20)19(3)9-13-6-4-5-7-15(13)17/h4-8,20H,9-10H2,1-3H3. The third kappa shape index (κ3) is 2.96. The molecule has 1 aromatic heterocycles. The van der Waals surface area contributed by atoms with Gasteiger partial charge in [-0.2, -0.15) is 0 Å². The fraction of sp³-hybridized carbons (Fsp3) is 0.312. The molecular formula is C16H19FN2O. The summed E-state index contributed by atoms with van der Waals surface area (Å²) < 4.78 is 13.7. The first-order valence-corrected chi connectivity index (χ1v) is 6.55. The third-order valence-corrected chi connectivity index (χ3v) is 3.34. The highest BCUT2D eigenvalue weighted by Crippen LogP contribution is 2.23. The first kappa shape index (κ1) is 14.5. The molecular weight excluding hydrogens is 255 g/mol. The number of hydrogen-bond donors (Lipinski definition) is 1. The van der Waals surface area contributed by atoms with Gasteiger partial charge in [0.05, 0.1) is 6.61 Å². The highest BCUT2D eigenvalue weighted by Gasteiger charge is 2.13. The maximum atomic E-state index is 13.7. The van der Waals surface area contributed by atoms with Crippen LogP contribution in [-0.2, 0) is 13.2 Å². The van der Waals surface area contributed by atoms with Crippen LogP contribution in [0.3, 0.4) is 0 Å². The number of aromatic nitrogens is 1. The molecule has 0 aliphatic rings. The highest BCUT2D eigenvalue weighted by molar-refractivity contribution is 5.51. The molecule has 0 amide bonds. The minimum atomic E-state index is -0.228. The van der Waals surface area contributed by atoms with Crippen LogP contribution in [0.25, 0.3) is 0 Å². The van der Waals surface area contributed by atoms with E-state index in [1.165, 1.54) is 6.07 Å². The van der Waals surface area contributed by atoms with E-state index in [-0.39, 0.29) is 12.4 Å². The molecule has 106 valence electrons. The minimum absolute atomic E-state index is 0.0734. The van der Waals surface area contributed by atoms with E-state index in [1.807, 2.05) is 37.9 Å². The van der Waals surface area contributed by atoms with Crippen molar-refractivity contribution in [3.63, 3.8) is 0 Å². The molecule has 1 N–H and O–H groups in total. The number of rotatable bonds is 4. The van der Waals surface area contributed by atoms with E-state index >= 15 is 0 Å². The van der Waals surface area contributed by atoms with Crippen molar-refractivity contribution in [3.05, 3.63) is 58.5 Å². The van der Waals surface area contributed by atoms with E-state index < -0.39 is 0 Å². The van der Waals surface area contributed by atoms with Crippen LogP contribution in [0.1, 0.15) is 22.4 Å². The lowest BCUT2D eigenvalue weighted by molar-refractivity contribution is 0.281. The van der Waals surface area contributed by atoms with Gasteiger partial charge in [0.25, 0.3) is 0 Å². The topological polar surface area (TPSA) is 36.4 Å². The van der Waals surface area contributed by atoms with E-state index in [0.29, 0.717) is 17.9 Å². The van der Waals surface area contributed by atoms with Crippen molar-refractivity contribution in [1.29, 1.82) is 0 Å². The molecule has 0 aliphatic carbocycles. The molecule has 3 nitrogen and oxygen atoms in total. The number of aliphatic hydroxyl groups is 1. The Bertz CT molecular complexity index is 613. The smallest absolute Gasteiger partial charge is 0.134 e.